The minimum Gasteiger partial charge on any atom is -0.345 e. The van der Waals surface area contributed by atoms with Gasteiger partial charge in [0.05, 0.1) is 11.9 Å². The summed E-state index contributed by atoms with van der Waals surface area (Å²) in [6.07, 6.45) is 1.95. The molecule has 3 aromatic rings. The maximum atomic E-state index is 4.53. The van der Waals surface area contributed by atoms with Crippen molar-refractivity contribution in [2.75, 3.05) is 11.9 Å². The first-order valence-electron chi connectivity index (χ1n) is 5.80. The summed E-state index contributed by atoms with van der Waals surface area (Å²) in [5, 5.41) is 5.52. The molecule has 0 saturated carbocycles. The second-order valence-electron chi connectivity index (χ2n) is 4.34. The number of hydrogen-bond donors (Lipinski definition) is 0. The lowest BCUT2D eigenvalue weighted by Gasteiger charge is -2.14. The van der Waals surface area contributed by atoms with E-state index in [4.69, 9.17) is 0 Å². The highest BCUT2D eigenvalue weighted by Gasteiger charge is 2.10. The summed E-state index contributed by atoms with van der Waals surface area (Å²) in [6, 6.07) is 10.4. The van der Waals surface area contributed by atoms with Gasteiger partial charge in [-0.3, -0.25) is 0 Å². The summed E-state index contributed by atoms with van der Waals surface area (Å²) in [7, 11) is 2.05. The summed E-state index contributed by atoms with van der Waals surface area (Å²) in [5.74, 6) is 0. The molecule has 0 aliphatic rings. The van der Waals surface area contributed by atoms with Gasteiger partial charge >= 0.3 is 0 Å². The summed E-state index contributed by atoms with van der Waals surface area (Å²) >= 11 is 1.61. The maximum absolute atomic E-state index is 4.53. The van der Waals surface area contributed by atoms with Crippen molar-refractivity contribution < 1.29 is 0 Å². The minimum absolute atomic E-state index is 0.858. The molecule has 0 atom stereocenters. The lowest BCUT2D eigenvalue weighted by molar-refractivity contribution is 0.870. The van der Waals surface area contributed by atoms with Crippen molar-refractivity contribution in [3.63, 3.8) is 0 Å². The van der Waals surface area contributed by atoms with Crippen LogP contribution in [0.4, 0.5) is 5.13 Å². The fraction of sp³-hybridized carbons (Fsp3) is 0.231. The smallest absolute Gasteiger partial charge is 0.214 e. The van der Waals surface area contributed by atoms with Crippen LogP contribution < -0.4 is 4.90 Å². The predicted molar refractivity (Wildman–Crippen MR) is 74.2 cm³/mol. The van der Waals surface area contributed by atoms with Crippen molar-refractivity contribution in [3.05, 3.63) is 47.8 Å². The molecule has 18 heavy (non-hydrogen) atoms. The van der Waals surface area contributed by atoms with E-state index in [1.165, 1.54) is 5.56 Å². The quantitative estimate of drug-likeness (QED) is 0.724. The Bertz CT molecular complexity index is 624. The monoisotopic (exact) mass is 258 g/mol. The minimum atomic E-state index is 0.858. The molecule has 0 unspecified atom stereocenters. The van der Waals surface area contributed by atoms with Crippen molar-refractivity contribution >= 4 is 21.4 Å². The molecule has 3 rings (SSSR count). The predicted octanol–water partition coefficient (Wildman–Crippen LogP) is 2.74. The molecule has 4 nitrogen and oxygen atoms in total. The van der Waals surface area contributed by atoms with Crippen LogP contribution >= 0.6 is 11.3 Å². The van der Waals surface area contributed by atoms with Crippen molar-refractivity contribution in [1.82, 2.24) is 14.6 Å². The normalized spacial score (nSPS) is 11.0. The molecule has 0 aliphatic carbocycles. The number of aryl methyl sites for hydroxylation is 1. The molecule has 0 aliphatic heterocycles. The Morgan fingerprint density at radius 2 is 2.06 bits per heavy atom. The van der Waals surface area contributed by atoms with Crippen LogP contribution in [0.15, 0.2) is 36.5 Å². The van der Waals surface area contributed by atoms with E-state index >= 15 is 0 Å². The van der Waals surface area contributed by atoms with E-state index in [1.807, 2.05) is 23.7 Å². The first-order chi connectivity index (χ1) is 8.72. The van der Waals surface area contributed by atoms with Gasteiger partial charge in [0.25, 0.3) is 0 Å². The van der Waals surface area contributed by atoms with Crippen LogP contribution in [0.3, 0.4) is 0 Å². The van der Waals surface area contributed by atoms with Crippen molar-refractivity contribution in [2.45, 2.75) is 13.5 Å². The molecule has 2 aromatic heterocycles. The lowest BCUT2D eigenvalue weighted by Crippen LogP contribution is -2.16. The maximum Gasteiger partial charge on any atom is 0.214 e. The largest absolute Gasteiger partial charge is 0.345 e. The molecule has 0 spiro atoms. The number of imidazole rings is 1. The lowest BCUT2D eigenvalue weighted by atomic mass is 10.2. The number of nitrogens with zero attached hydrogens (tertiary/aromatic N) is 4. The Morgan fingerprint density at radius 1 is 1.28 bits per heavy atom. The summed E-state index contributed by atoms with van der Waals surface area (Å²) in [5.41, 5.74) is 2.29. The van der Waals surface area contributed by atoms with Gasteiger partial charge < -0.3 is 4.90 Å². The van der Waals surface area contributed by atoms with Crippen molar-refractivity contribution in [2.24, 2.45) is 0 Å². The average Bonchev–Trinajstić information content (AvgIpc) is 2.87. The Hall–Kier alpha value is -1.88. The fourth-order valence-electron chi connectivity index (χ4n) is 1.88. The summed E-state index contributed by atoms with van der Waals surface area (Å²) < 4.78 is 1.84. The number of aromatic nitrogens is 3. The standard InChI is InChI=1S/C13H14N4S/c1-10-8-17-12(14-10)18-13(15-17)16(2)9-11-6-4-3-5-7-11/h3-8H,9H2,1-2H3. The first-order valence-corrected chi connectivity index (χ1v) is 6.62. The molecule has 0 radical (unpaired) electrons. The first kappa shape index (κ1) is 11.2. The van der Waals surface area contributed by atoms with Crippen LogP contribution in [0.5, 0.6) is 0 Å². The van der Waals surface area contributed by atoms with E-state index < -0.39 is 0 Å². The molecular weight excluding hydrogens is 244 g/mol. The number of benzene rings is 1. The van der Waals surface area contributed by atoms with Gasteiger partial charge in [-0.05, 0) is 12.5 Å². The zero-order valence-electron chi connectivity index (χ0n) is 10.4. The Labute approximate surface area is 110 Å². The van der Waals surface area contributed by atoms with Gasteiger partial charge in [-0.1, -0.05) is 41.7 Å². The second-order valence-corrected chi connectivity index (χ2v) is 5.27. The molecule has 0 amide bonds. The van der Waals surface area contributed by atoms with Crippen molar-refractivity contribution in [1.29, 1.82) is 0 Å². The van der Waals surface area contributed by atoms with Crippen LogP contribution in [0.1, 0.15) is 11.3 Å². The van der Waals surface area contributed by atoms with Gasteiger partial charge in [-0.15, -0.1) is 5.10 Å². The van der Waals surface area contributed by atoms with Gasteiger partial charge in [0, 0.05) is 13.6 Å². The average molecular weight is 258 g/mol. The Morgan fingerprint density at radius 3 is 2.78 bits per heavy atom. The molecule has 2 heterocycles. The van der Waals surface area contributed by atoms with E-state index in [9.17, 15) is 0 Å². The van der Waals surface area contributed by atoms with Crippen molar-refractivity contribution in [3.8, 4) is 0 Å². The van der Waals surface area contributed by atoms with E-state index in [1.54, 1.807) is 11.3 Å². The van der Waals surface area contributed by atoms with E-state index in [-0.39, 0.29) is 0 Å². The van der Waals surface area contributed by atoms with E-state index in [0.717, 1.165) is 22.3 Å². The zero-order chi connectivity index (χ0) is 12.5. The third kappa shape index (κ3) is 2.09. The topological polar surface area (TPSA) is 33.4 Å². The molecule has 0 fully saturated rings. The fourth-order valence-corrected chi connectivity index (χ4v) is 2.77. The third-order valence-corrected chi connectivity index (χ3v) is 3.78. The number of hydrogen-bond acceptors (Lipinski definition) is 4. The number of rotatable bonds is 3. The van der Waals surface area contributed by atoms with Crippen LogP contribution in [0.2, 0.25) is 0 Å². The third-order valence-electron chi connectivity index (χ3n) is 2.74. The molecule has 0 saturated heterocycles. The molecule has 5 heteroatoms. The number of fused-ring (bicyclic) bond motifs is 1. The van der Waals surface area contributed by atoms with Gasteiger partial charge in [0.2, 0.25) is 10.1 Å². The SMILES string of the molecule is Cc1cn2nc(N(C)Cc3ccccc3)sc2n1. The van der Waals surface area contributed by atoms with Gasteiger partial charge in [0.15, 0.2) is 0 Å². The second kappa shape index (κ2) is 4.42. The van der Waals surface area contributed by atoms with E-state index in [0.29, 0.717) is 0 Å². The molecule has 92 valence electrons. The molecule has 0 bridgehead atoms. The highest BCUT2D eigenvalue weighted by molar-refractivity contribution is 7.20. The summed E-state index contributed by atoms with van der Waals surface area (Å²) in [6.45, 7) is 2.84. The van der Waals surface area contributed by atoms with Gasteiger partial charge in [-0.2, -0.15) is 0 Å². The zero-order valence-corrected chi connectivity index (χ0v) is 11.2. The van der Waals surface area contributed by atoms with E-state index in [2.05, 4.69) is 46.3 Å². The highest BCUT2D eigenvalue weighted by Crippen LogP contribution is 2.23. The molecule has 1 aromatic carbocycles. The summed E-state index contributed by atoms with van der Waals surface area (Å²) in [4.78, 5) is 7.51. The van der Waals surface area contributed by atoms with Gasteiger partial charge in [-0.25, -0.2) is 9.50 Å². The Balaban J connectivity index is 1.83. The van der Waals surface area contributed by atoms with Crippen LogP contribution in [-0.4, -0.2) is 21.6 Å². The van der Waals surface area contributed by atoms with Crippen LogP contribution in [0.25, 0.3) is 4.96 Å². The molecular formula is C13H14N4S. The Kier molecular flexibility index (Phi) is 2.76. The van der Waals surface area contributed by atoms with Gasteiger partial charge in [0.1, 0.15) is 0 Å². The van der Waals surface area contributed by atoms with Crippen LogP contribution in [-0.2, 0) is 6.54 Å². The molecule has 0 N–H and O–H groups in total. The number of anilines is 1. The highest BCUT2D eigenvalue weighted by atomic mass is 32.1. The van der Waals surface area contributed by atoms with Crippen LogP contribution in [0, 0.1) is 6.92 Å².